The molecule has 100 valence electrons. The first-order valence-electron chi connectivity index (χ1n) is 6.10. The van der Waals surface area contributed by atoms with Crippen LogP contribution in [0.3, 0.4) is 0 Å². The summed E-state index contributed by atoms with van der Waals surface area (Å²) in [5.41, 5.74) is 1.32. The lowest BCUT2D eigenvalue weighted by molar-refractivity contribution is 0.0600. The summed E-state index contributed by atoms with van der Waals surface area (Å²) in [6, 6.07) is 6.81. The van der Waals surface area contributed by atoms with Crippen molar-refractivity contribution in [3.8, 4) is 0 Å². The molecule has 0 atom stereocenters. The summed E-state index contributed by atoms with van der Waals surface area (Å²) in [7, 11) is 1.36. The highest BCUT2D eigenvalue weighted by Crippen LogP contribution is 2.03. The molecule has 3 rings (SSSR count). The molecule has 4 nitrogen and oxygen atoms in total. The van der Waals surface area contributed by atoms with Gasteiger partial charge in [-0.2, -0.15) is 4.58 Å². The third kappa shape index (κ3) is 2.18. The van der Waals surface area contributed by atoms with E-state index in [4.69, 9.17) is 0 Å². The zero-order valence-corrected chi connectivity index (χ0v) is 10.8. The van der Waals surface area contributed by atoms with E-state index in [2.05, 4.69) is 9.72 Å². The molecule has 0 radical (unpaired) electrons. The molecule has 5 heteroatoms. The molecular formula is C15H12FN2O2+. The molecule has 0 N–H and O–H groups in total. The monoisotopic (exact) mass is 271 g/mol. The molecule has 0 saturated heterocycles. The first-order chi connectivity index (χ1) is 9.67. The Kier molecular flexibility index (Phi) is 3.02. The molecule has 0 bridgehead atoms. The van der Waals surface area contributed by atoms with Gasteiger partial charge in [0.1, 0.15) is 11.0 Å². The average Bonchev–Trinajstić information content (AvgIpc) is 2.43. The summed E-state index contributed by atoms with van der Waals surface area (Å²) in [5, 5.41) is 1.97. The zero-order valence-electron chi connectivity index (χ0n) is 10.8. The Morgan fingerprint density at radius 1 is 1.35 bits per heavy atom. The van der Waals surface area contributed by atoms with E-state index in [1.165, 1.54) is 19.4 Å². The molecule has 0 saturated carbocycles. The first-order valence-corrected chi connectivity index (χ1v) is 6.10. The van der Waals surface area contributed by atoms with Crippen molar-refractivity contribution in [3.05, 3.63) is 64.2 Å². The van der Waals surface area contributed by atoms with Crippen molar-refractivity contribution in [3.63, 3.8) is 0 Å². The second-order valence-electron chi connectivity index (χ2n) is 4.53. The normalized spacial score (nSPS) is 12.2. The third-order valence-electron chi connectivity index (χ3n) is 3.17. The molecule has 2 heterocycles. The van der Waals surface area contributed by atoms with Crippen LogP contribution in [0.15, 0.2) is 36.7 Å². The van der Waals surface area contributed by atoms with E-state index in [1.54, 1.807) is 18.3 Å². The second kappa shape index (κ2) is 4.85. The third-order valence-corrected chi connectivity index (χ3v) is 3.17. The maximum Gasteiger partial charge on any atom is 0.337 e. The number of halogens is 1. The highest BCUT2D eigenvalue weighted by molar-refractivity contribution is 5.89. The van der Waals surface area contributed by atoms with Gasteiger partial charge >= 0.3 is 5.97 Å². The number of aromatic nitrogens is 1. The predicted octanol–water partition coefficient (Wildman–Crippen LogP) is 0.450. The van der Waals surface area contributed by atoms with Crippen molar-refractivity contribution in [2.75, 3.05) is 7.11 Å². The average molecular weight is 271 g/mol. The molecule has 0 unspecified atom stereocenters. The van der Waals surface area contributed by atoms with E-state index in [1.807, 2.05) is 16.8 Å². The summed E-state index contributed by atoms with van der Waals surface area (Å²) in [5.74, 6) is -0.696. The standard InChI is InChI=1S/C15H12FN2O2/c1-20-15(19)11-2-3-14-12(5-11)9-18(14)8-10-4-13(16)7-17-6-10/h2-7,9H,8H2,1H3/q+1. The van der Waals surface area contributed by atoms with E-state index < -0.39 is 0 Å². The van der Waals surface area contributed by atoms with Gasteiger partial charge in [-0.25, -0.2) is 9.18 Å². The number of hydrogen-bond donors (Lipinski definition) is 0. The summed E-state index contributed by atoms with van der Waals surface area (Å²) in [4.78, 5) is 15.2. The van der Waals surface area contributed by atoms with E-state index >= 15 is 0 Å². The number of fused-ring (bicyclic) bond motifs is 1. The van der Waals surface area contributed by atoms with Gasteiger partial charge in [-0.15, -0.1) is 0 Å². The lowest BCUT2D eigenvalue weighted by atomic mass is 10.1. The smallest absolute Gasteiger partial charge is 0.337 e. The van der Waals surface area contributed by atoms with Gasteiger partial charge in [0.25, 0.3) is 0 Å². The summed E-state index contributed by atoms with van der Waals surface area (Å²) in [6.07, 6.45) is 4.73. The van der Waals surface area contributed by atoms with Crippen LogP contribution in [0.25, 0.3) is 6.20 Å². The Bertz CT molecular complexity index is 815. The number of nitrogens with zero attached hydrogens (tertiary/aromatic N) is 2. The molecule has 0 fully saturated rings. The lowest BCUT2D eigenvalue weighted by Gasteiger charge is -2.06. The highest BCUT2D eigenvalue weighted by atomic mass is 19.1. The van der Waals surface area contributed by atoms with E-state index in [0.717, 1.165) is 16.1 Å². The van der Waals surface area contributed by atoms with Crippen molar-refractivity contribution in [1.29, 1.82) is 0 Å². The maximum atomic E-state index is 13.1. The van der Waals surface area contributed by atoms with Crippen LogP contribution in [0.1, 0.15) is 15.9 Å². The molecule has 2 aromatic rings. The van der Waals surface area contributed by atoms with Crippen molar-refractivity contribution in [2.24, 2.45) is 0 Å². The van der Waals surface area contributed by atoms with Gasteiger partial charge in [0.2, 0.25) is 5.36 Å². The SMILES string of the molecule is COC(=O)c1ccc2c(c1)=C[N+]=2Cc1cncc(F)c1. The number of pyridine rings is 1. The number of rotatable bonds is 3. The highest BCUT2D eigenvalue weighted by Gasteiger charge is 2.17. The summed E-state index contributed by atoms with van der Waals surface area (Å²) < 4.78 is 19.7. The molecule has 1 aromatic heterocycles. The van der Waals surface area contributed by atoms with Gasteiger partial charge in [0.15, 0.2) is 12.7 Å². The molecule has 0 aliphatic carbocycles. The maximum absolute atomic E-state index is 13.1. The Hall–Kier alpha value is -2.56. The van der Waals surface area contributed by atoms with Crippen molar-refractivity contribution >= 4 is 12.2 Å². The topological polar surface area (TPSA) is 42.2 Å². The summed E-state index contributed by atoms with van der Waals surface area (Å²) >= 11 is 0. The van der Waals surface area contributed by atoms with Crippen molar-refractivity contribution in [1.82, 2.24) is 9.56 Å². The molecule has 1 aliphatic heterocycles. The number of benzene rings is 1. The fourth-order valence-corrected chi connectivity index (χ4v) is 2.21. The number of esters is 1. The molecule has 1 aliphatic rings. The molecule has 0 amide bonds. The van der Waals surface area contributed by atoms with E-state index in [9.17, 15) is 9.18 Å². The minimum Gasteiger partial charge on any atom is -0.465 e. The van der Waals surface area contributed by atoms with Crippen LogP contribution >= 0.6 is 0 Å². The number of hydrogen-bond acceptors (Lipinski definition) is 3. The van der Waals surface area contributed by atoms with Crippen LogP contribution in [0, 0.1) is 5.82 Å². The van der Waals surface area contributed by atoms with Crippen molar-refractivity contribution in [2.45, 2.75) is 6.54 Å². The van der Waals surface area contributed by atoms with Gasteiger partial charge in [-0.3, -0.25) is 4.98 Å². The van der Waals surface area contributed by atoms with Crippen LogP contribution in [0.2, 0.25) is 0 Å². The van der Waals surface area contributed by atoms with Crippen LogP contribution in [0.5, 0.6) is 0 Å². The van der Waals surface area contributed by atoms with Crippen molar-refractivity contribution < 1.29 is 13.9 Å². The number of methoxy groups -OCH3 is 1. The van der Waals surface area contributed by atoms with Gasteiger partial charge in [-0.05, 0) is 18.2 Å². The van der Waals surface area contributed by atoms with Crippen LogP contribution in [-0.2, 0) is 11.3 Å². The number of carbonyl (C=O) groups is 1. The quantitative estimate of drug-likeness (QED) is 0.601. The minimum atomic E-state index is -0.353. The predicted molar refractivity (Wildman–Crippen MR) is 70.6 cm³/mol. The second-order valence-corrected chi connectivity index (χ2v) is 4.53. The number of ether oxygens (including phenoxy) is 1. The van der Waals surface area contributed by atoms with E-state index in [-0.39, 0.29) is 11.8 Å². The first kappa shape index (κ1) is 12.5. The number of carbonyl (C=O) groups excluding carboxylic acids is 1. The Morgan fingerprint density at radius 3 is 2.90 bits per heavy atom. The largest absolute Gasteiger partial charge is 0.465 e. The van der Waals surface area contributed by atoms with Crippen LogP contribution < -0.4 is 15.2 Å². The lowest BCUT2D eigenvalue weighted by Crippen LogP contribution is -2.46. The molecular weight excluding hydrogens is 259 g/mol. The Labute approximate surface area is 114 Å². The van der Waals surface area contributed by atoms with Crippen LogP contribution in [0.4, 0.5) is 4.39 Å². The Balaban J connectivity index is 1.90. The van der Waals surface area contributed by atoms with Crippen LogP contribution in [-0.4, -0.2) is 18.1 Å². The van der Waals surface area contributed by atoms with Gasteiger partial charge < -0.3 is 4.74 Å². The van der Waals surface area contributed by atoms with E-state index in [0.29, 0.717) is 12.1 Å². The minimum absolute atomic E-state index is 0.343. The molecule has 0 spiro atoms. The fraction of sp³-hybridized carbons (Fsp3) is 0.133. The zero-order chi connectivity index (χ0) is 14.1. The Morgan fingerprint density at radius 2 is 2.20 bits per heavy atom. The fourth-order valence-electron chi connectivity index (χ4n) is 2.21. The van der Waals surface area contributed by atoms with Gasteiger partial charge in [-0.1, -0.05) is 0 Å². The summed E-state index contributed by atoms with van der Waals surface area (Å²) in [6.45, 7) is 0.551. The molecule has 1 aromatic carbocycles. The molecule has 20 heavy (non-hydrogen) atoms. The van der Waals surface area contributed by atoms with Gasteiger partial charge in [0, 0.05) is 17.8 Å². The van der Waals surface area contributed by atoms with Gasteiger partial charge in [0.05, 0.1) is 18.9 Å².